The second-order valence-corrected chi connectivity index (χ2v) is 6.39. The molecule has 0 atom stereocenters. The molecule has 0 aliphatic carbocycles. The van der Waals surface area contributed by atoms with E-state index in [0.717, 1.165) is 11.1 Å². The summed E-state index contributed by atoms with van der Waals surface area (Å²) in [6.45, 7) is 1.31. The zero-order valence-corrected chi connectivity index (χ0v) is 15.4. The molecule has 6 heteroatoms. The first-order chi connectivity index (χ1) is 13.5. The molecule has 2 heterocycles. The van der Waals surface area contributed by atoms with Crippen molar-refractivity contribution >= 4 is 16.9 Å². The van der Waals surface area contributed by atoms with Crippen LogP contribution < -0.4 is 15.0 Å². The summed E-state index contributed by atoms with van der Waals surface area (Å²) in [5, 5.41) is 0.656. The Kier molecular flexibility index (Phi) is 4.45. The number of aromatic nitrogens is 2. The molecule has 0 aliphatic heterocycles. The first-order valence-corrected chi connectivity index (χ1v) is 8.76. The van der Waals surface area contributed by atoms with Crippen molar-refractivity contribution in [3.63, 3.8) is 0 Å². The largest absolute Gasteiger partial charge is 0.457 e. The maximum absolute atomic E-state index is 12.5. The lowest BCUT2D eigenvalue weighted by molar-refractivity contribution is -0.132. The Morgan fingerprint density at radius 2 is 1.71 bits per heavy atom. The third kappa shape index (κ3) is 3.27. The molecular formula is C22H18N2O4. The van der Waals surface area contributed by atoms with Crippen molar-refractivity contribution in [3.05, 3.63) is 77.2 Å². The molecule has 1 N–H and O–H groups in total. The highest BCUT2D eigenvalue weighted by Crippen LogP contribution is 2.37. The molecule has 4 rings (SSSR count). The molecule has 0 saturated carbocycles. The van der Waals surface area contributed by atoms with Crippen molar-refractivity contribution in [2.75, 3.05) is 0 Å². The molecule has 0 amide bonds. The Labute approximate surface area is 161 Å². The quantitative estimate of drug-likeness (QED) is 0.542. The van der Waals surface area contributed by atoms with E-state index in [1.54, 1.807) is 19.3 Å². The maximum atomic E-state index is 12.5. The summed E-state index contributed by atoms with van der Waals surface area (Å²) in [6, 6.07) is 18.7. The first kappa shape index (κ1) is 17.6. The number of para-hydroxylation sites is 2. The minimum atomic E-state index is -0.460. The van der Waals surface area contributed by atoms with Crippen LogP contribution in [-0.4, -0.2) is 15.5 Å². The van der Waals surface area contributed by atoms with E-state index >= 15 is 0 Å². The van der Waals surface area contributed by atoms with E-state index in [0.29, 0.717) is 22.4 Å². The predicted octanol–water partition coefficient (Wildman–Crippen LogP) is 4.25. The number of hydrogen-bond acceptors (Lipinski definition) is 4. The number of aryl methyl sites for hydroxylation is 1. The number of carbonyl (C=O) groups is 1. The van der Waals surface area contributed by atoms with Crippen LogP contribution in [0.2, 0.25) is 0 Å². The van der Waals surface area contributed by atoms with Crippen LogP contribution in [0.4, 0.5) is 0 Å². The molecule has 6 nitrogen and oxygen atoms in total. The fourth-order valence-electron chi connectivity index (χ4n) is 3.13. The molecule has 0 unspecified atom stereocenters. The van der Waals surface area contributed by atoms with Crippen LogP contribution in [-0.2, 0) is 11.8 Å². The molecule has 0 radical (unpaired) electrons. The van der Waals surface area contributed by atoms with Crippen molar-refractivity contribution in [2.45, 2.75) is 6.92 Å². The number of ether oxygens (including phenoxy) is 2. The van der Waals surface area contributed by atoms with Gasteiger partial charge >= 0.3 is 5.97 Å². The summed E-state index contributed by atoms with van der Waals surface area (Å²) in [7, 11) is 1.68. The fraction of sp³-hybridized carbons (Fsp3) is 0.0909. The van der Waals surface area contributed by atoms with Gasteiger partial charge in [-0.05, 0) is 18.2 Å². The van der Waals surface area contributed by atoms with Crippen molar-refractivity contribution in [1.29, 1.82) is 0 Å². The number of hydrogen-bond donors (Lipinski definition) is 1. The standard InChI is InChI=1S/C22H18N2O4/c1-14(25)27-20-12-17-18(13-24(2)22(26)21(17)23-20)16-10-6-7-11-19(16)28-15-8-4-3-5-9-15/h3-13,23H,1-2H3. The second kappa shape index (κ2) is 7.08. The number of pyridine rings is 1. The van der Waals surface area contributed by atoms with E-state index in [1.807, 2.05) is 54.6 Å². The molecule has 2 aromatic carbocycles. The van der Waals surface area contributed by atoms with Gasteiger partial charge in [-0.25, -0.2) is 0 Å². The average Bonchev–Trinajstić information content (AvgIpc) is 3.09. The van der Waals surface area contributed by atoms with Gasteiger partial charge in [0.25, 0.3) is 5.56 Å². The van der Waals surface area contributed by atoms with Crippen molar-refractivity contribution in [3.8, 4) is 28.5 Å². The molecule has 28 heavy (non-hydrogen) atoms. The summed E-state index contributed by atoms with van der Waals surface area (Å²) in [5.41, 5.74) is 1.77. The number of nitrogens with zero attached hydrogens (tertiary/aromatic N) is 1. The third-order valence-electron chi connectivity index (χ3n) is 4.34. The number of H-pyrrole nitrogens is 1. The van der Waals surface area contributed by atoms with E-state index < -0.39 is 5.97 Å². The molecule has 0 saturated heterocycles. The van der Waals surface area contributed by atoms with E-state index in [1.165, 1.54) is 11.5 Å². The Bertz CT molecular complexity index is 1220. The lowest BCUT2D eigenvalue weighted by Gasteiger charge is -2.13. The molecule has 0 spiro atoms. The lowest BCUT2D eigenvalue weighted by atomic mass is 10.0. The van der Waals surface area contributed by atoms with Crippen LogP contribution in [0, 0.1) is 0 Å². The number of esters is 1. The van der Waals surface area contributed by atoms with Crippen molar-refractivity contribution in [1.82, 2.24) is 9.55 Å². The van der Waals surface area contributed by atoms with Gasteiger partial charge in [0.2, 0.25) is 5.88 Å². The van der Waals surface area contributed by atoms with Gasteiger partial charge in [-0.15, -0.1) is 0 Å². The second-order valence-electron chi connectivity index (χ2n) is 6.39. The highest BCUT2D eigenvalue weighted by molar-refractivity contribution is 5.97. The summed E-state index contributed by atoms with van der Waals surface area (Å²) >= 11 is 0. The Hall–Kier alpha value is -3.80. The van der Waals surface area contributed by atoms with Crippen molar-refractivity contribution in [2.24, 2.45) is 7.05 Å². The molecule has 2 aromatic heterocycles. The van der Waals surface area contributed by atoms with Crippen LogP contribution in [0.1, 0.15) is 6.92 Å². The molecule has 0 bridgehead atoms. The van der Waals surface area contributed by atoms with Gasteiger partial charge in [0, 0.05) is 42.7 Å². The van der Waals surface area contributed by atoms with Gasteiger partial charge in [0.05, 0.1) is 0 Å². The summed E-state index contributed by atoms with van der Waals surface area (Å²) in [5.74, 6) is 1.14. The number of aromatic amines is 1. The smallest absolute Gasteiger partial charge is 0.309 e. The minimum Gasteiger partial charge on any atom is -0.457 e. The van der Waals surface area contributed by atoms with Gasteiger partial charge in [0.1, 0.15) is 17.0 Å². The van der Waals surface area contributed by atoms with Gasteiger partial charge < -0.3 is 19.0 Å². The minimum absolute atomic E-state index is 0.210. The first-order valence-electron chi connectivity index (χ1n) is 8.76. The van der Waals surface area contributed by atoms with Crippen LogP contribution in [0.25, 0.3) is 22.0 Å². The highest BCUT2D eigenvalue weighted by atomic mass is 16.5. The number of benzene rings is 2. The molecule has 4 aromatic rings. The normalized spacial score (nSPS) is 10.8. The Morgan fingerprint density at radius 1 is 1.00 bits per heavy atom. The number of nitrogens with one attached hydrogen (secondary N) is 1. The highest BCUT2D eigenvalue weighted by Gasteiger charge is 2.17. The summed E-state index contributed by atoms with van der Waals surface area (Å²) in [4.78, 5) is 26.8. The summed E-state index contributed by atoms with van der Waals surface area (Å²) < 4.78 is 12.7. The zero-order chi connectivity index (χ0) is 19.7. The molecule has 140 valence electrons. The number of fused-ring (bicyclic) bond motifs is 1. The number of rotatable bonds is 4. The average molecular weight is 374 g/mol. The Balaban J connectivity index is 1.90. The van der Waals surface area contributed by atoms with Gasteiger partial charge in [0.15, 0.2) is 0 Å². The predicted molar refractivity (Wildman–Crippen MR) is 107 cm³/mol. The molecule has 0 fully saturated rings. The monoisotopic (exact) mass is 374 g/mol. The molecular weight excluding hydrogens is 356 g/mol. The SMILES string of the molecule is CC(=O)Oc1cc2c(-c3ccccc3Oc3ccccc3)cn(C)c(=O)c2[nH]1. The lowest BCUT2D eigenvalue weighted by Crippen LogP contribution is -2.16. The third-order valence-corrected chi connectivity index (χ3v) is 4.34. The van der Waals surface area contributed by atoms with Crippen molar-refractivity contribution < 1.29 is 14.3 Å². The molecule has 0 aliphatic rings. The van der Waals surface area contributed by atoms with Gasteiger partial charge in [-0.2, -0.15) is 0 Å². The zero-order valence-electron chi connectivity index (χ0n) is 15.4. The van der Waals surface area contributed by atoms with Crippen LogP contribution in [0.15, 0.2) is 71.7 Å². The summed E-state index contributed by atoms with van der Waals surface area (Å²) in [6.07, 6.45) is 1.75. The van der Waals surface area contributed by atoms with E-state index in [2.05, 4.69) is 4.98 Å². The number of carbonyl (C=O) groups excluding carboxylic acids is 1. The van der Waals surface area contributed by atoms with Crippen LogP contribution in [0.3, 0.4) is 0 Å². The maximum Gasteiger partial charge on any atom is 0.309 e. The van der Waals surface area contributed by atoms with Gasteiger partial charge in [-0.1, -0.05) is 36.4 Å². The van der Waals surface area contributed by atoms with E-state index in [-0.39, 0.29) is 11.4 Å². The fourth-order valence-corrected chi connectivity index (χ4v) is 3.13. The van der Waals surface area contributed by atoms with E-state index in [4.69, 9.17) is 9.47 Å². The van der Waals surface area contributed by atoms with E-state index in [9.17, 15) is 9.59 Å². The topological polar surface area (TPSA) is 73.3 Å². The van der Waals surface area contributed by atoms with Gasteiger partial charge in [-0.3, -0.25) is 9.59 Å². The Morgan fingerprint density at radius 3 is 2.46 bits per heavy atom. The van der Waals surface area contributed by atoms with Crippen LogP contribution in [0.5, 0.6) is 17.4 Å². The van der Waals surface area contributed by atoms with Crippen LogP contribution >= 0.6 is 0 Å².